The lowest BCUT2D eigenvalue weighted by atomic mass is 10.2. The fourth-order valence-electron chi connectivity index (χ4n) is 2.37. The number of H-pyrrole nitrogens is 1. The molecule has 0 spiro atoms. The topological polar surface area (TPSA) is 54.6 Å². The van der Waals surface area contributed by atoms with Gasteiger partial charge in [-0.25, -0.2) is 0 Å². The number of aromatic nitrogens is 1. The lowest BCUT2D eigenvalue weighted by molar-refractivity contribution is 0.116. The molecule has 2 rings (SSSR count). The Hall–Kier alpha value is -1.85. The van der Waals surface area contributed by atoms with Crippen molar-refractivity contribution in [3.05, 3.63) is 40.8 Å². The molecule has 0 fully saturated rings. The third kappa shape index (κ3) is 4.32. The second kappa shape index (κ2) is 7.96. The molecular formula is C17H24N2O3. The highest BCUT2D eigenvalue weighted by Gasteiger charge is 2.09. The van der Waals surface area contributed by atoms with E-state index in [1.165, 1.54) is 0 Å². The standard InChI is InChI=1S/C17H24N2O3/c1-13(2)19(8-10-21-3)9-11-22-15-5-4-14-6-7-18-17(20)16(14)12-15/h4-7,12-13H,8-11H2,1-3H3,(H,18,20). The van der Waals surface area contributed by atoms with Crippen LogP contribution in [0.1, 0.15) is 13.8 Å². The van der Waals surface area contributed by atoms with Crippen LogP contribution in [0.3, 0.4) is 0 Å². The van der Waals surface area contributed by atoms with Crippen LogP contribution in [0.15, 0.2) is 35.3 Å². The number of ether oxygens (including phenoxy) is 2. The second-order valence-corrected chi connectivity index (χ2v) is 5.53. The number of aromatic amines is 1. The summed E-state index contributed by atoms with van der Waals surface area (Å²) in [6.07, 6.45) is 1.65. The zero-order valence-electron chi connectivity index (χ0n) is 13.5. The molecule has 1 heterocycles. The van der Waals surface area contributed by atoms with Crippen molar-refractivity contribution in [3.8, 4) is 5.75 Å². The summed E-state index contributed by atoms with van der Waals surface area (Å²) < 4.78 is 10.9. The molecule has 0 amide bonds. The van der Waals surface area contributed by atoms with E-state index in [1.54, 1.807) is 19.4 Å². The quantitative estimate of drug-likeness (QED) is 0.813. The average Bonchev–Trinajstić information content (AvgIpc) is 2.51. The Kier molecular flexibility index (Phi) is 5.98. The molecule has 0 saturated carbocycles. The molecule has 1 aromatic heterocycles. The van der Waals surface area contributed by atoms with Gasteiger partial charge in [0.15, 0.2) is 0 Å². The first kappa shape index (κ1) is 16.5. The Labute approximate surface area is 130 Å². The molecule has 0 aliphatic carbocycles. The van der Waals surface area contributed by atoms with Gasteiger partial charge in [0.1, 0.15) is 12.4 Å². The smallest absolute Gasteiger partial charge is 0.255 e. The van der Waals surface area contributed by atoms with E-state index in [1.807, 2.05) is 18.2 Å². The molecule has 5 heteroatoms. The van der Waals surface area contributed by atoms with Gasteiger partial charge in [-0.3, -0.25) is 9.69 Å². The first-order valence-electron chi connectivity index (χ1n) is 7.59. The van der Waals surface area contributed by atoms with Crippen LogP contribution in [0.5, 0.6) is 5.75 Å². The van der Waals surface area contributed by atoms with Gasteiger partial charge < -0.3 is 14.5 Å². The number of benzene rings is 1. The van der Waals surface area contributed by atoms with Crippen molar-refractivity contribution in [2.45, 2.75) is 19.9 Å². The Bertz CT molecular complexity index is 652. The van der Waals surface area contributed by atoms with E-state index in [0.717, 1.165) is 24.2 Å². The van der Waals surface area contributed by atoms with E-state index in [0.29, 0.717) is 24.6 Å². The number of pyridine rings is 1. The first-order chi connectivity index (χ1) is 10.6. The number of fused-ring (bicyclic) bond motifs is 1. The Balaban J connectivity index is 1.96. The van der Waals surface area contributed by atoms with Gasteiger partial charge in [0, 0.05) is 32.4 Å². The van der Waals surface area contributed by atoms with Crippen molar-refractivity contribution < 1.29 is 9.47 Å². The molecule has 0 aliphatic rings. The normalized spacial score (nSPS) is 11.5. The molecule has 120 valence electrons. The van der Waals surface area contributed by atoms with Crippen LogP contribution < -0.4 is 10.3 Å². The molecule has 0 atom stereocenters. The van der Waals surface area contributed by atoms with E-state index in [-0.39, 0.29) is 5.56 Å². The lowest BCUT2D eigenvalue weighted by Gasteiger charge is -2.25. The van der Waals surface area contributed by atoms with Gasteiger partial charge in [-0.2, -0.15) is 0 Å². The van der Waals surface area contributed by atoms with E-state index >= 15 is 0 Å². The maximum Gasteiger partial charge on any atom is 0.255 e. The molecule has 2 aromatic rings. The summed E-state index contributed by atoms with van der Waals surface area (Å²) in [7, 11) is 1.71. The molecule has 0 bridgehead atoms. The predicted molar refractivity (Wildman–Crippen MR) is 88.6 cm³/mol. The Morgan fingerprint density at radius 3 is 2.68 bits per heavy atom. The number of rotatable bonds is 8. The van der Waals surface area contributed by atoms with Gasteiger partial charge in [0.05, 0.1) is 12.0 Å². The van der Waals surface area contributed by atoms with Crippen LogP contribution in [0.4, 0.5) is 0 Å². The van der Waals surface area contributed by atoms with Gasteiger partial charge in [0.2, 0.25) is 0 Å². The molecule has 1 N–H and O–H groups in total. The number of methoxy groups -OCH3 is 1. The highest BCUT2D eigenvalue weighted by molar-refractivity contribution is 5.82. The summed E-state index contributed by atoms with van der Waals surface area (Å²) in [6.45, 7) is 7.32. The molecular weight excluding hydrogens is 280 g/mol. The van der Waals surface area contributed by atoms with Crippen molar-refractivity contribution in [2.75, 3.05) is 33.4 Å². The first-order valence-corrected chi connectivity index (χ1v) is 7.59. The minimum absolute atomic E-state index is 0.0909. The summed E-state index contributed by atoms with van der Waals surface area (Å²) in [5, 5.41) is 1.57. The number of hydrogen-bond acceptors (Lipinski definition) is 4. The number of nitrogens with one attached hydrogen (secondary N) is 1. The summed E-state index contributed by atoms with van der Waals surface area (Å²) in [4.78, 5) is 16.8. The van der Waals surface area contributed by atoms with Crippen molar-refractivity contribution in [2.24, 2.45) is 0 Å². The molecule has 0 radical (unpaired) electrons. The van der Waals surface area contributed by atoms with Crippen LogP contribution in [0.25, 0.3) is 10.8 Å². The van der Waals surface area contributed by atoms with Crippen LogP contribution in [0.2, 0.25) is 0 Å². The maximum atomic E-state index is 11.8. The highest BCUT2D eigenvalue weighted by atomic mass is 16.5. The van der Waals surface area contributed by atoms with Gasteiger partial charge in [-0.1, -0.05) is 6.07 Å². The zero-order chi connectivity index (χ0) is 15.9. The molecule has 1 aromatic carbocycles. The third-order valence-electron chi connectivity index (χ3n) is 3.71. The molecule has 0 unspecified atom stereocenters. The van der Waals surface area contributed by atoms with Crippen molar-refractivity contribution in [1.82, 2.24) is 9.88 Å². The number of hydrogen-bond donors (Lipinski definition) is 1. The summed E-state index contributed by atoms with van der Waals surface area (Å²) in [6, 6.07) is 7.93. The Morgan fingerprint density at radius 2 is 1.95 bits per heavy atom. The SMILES string of the molecule is COCCN(CCOc1ccc2cc[nH]c(=O)c2c1)C(C)C. The fraction of sp³-hybridized carbons (Fsp3) is 0.471. The zero-order valence-corrected chi connectivity index (χ0v) is 13.5. The molecule has 0 saturated heterocycles. The van der Waals surface area contributed by atoms with E-state index in [9.17, 15) is 4.79 Å². The highest BCUT2D eigenvalue weighted by Crippen LogP contribution is 2.17. The van der Waals surface area contributed by atoms with E-state index in [2.05, 4.69) is 23.7 Å². The van der Waals surface area contributed by atoms with Crippen LogP contribution in [-0.2, 0) is 4.74 Å². The number of nitrogens with zero attached hydrogens (tertiary/aromatic N) is 1. The van der Waals surface area contributed by atoms with Crippen molar-refractivity contribution in [3.63, 3.8) is 0 Å². The van der Waals surface area contributed by atoms with Crippen LogP contribution in [0, 0.1) is 0 Å². The van der Waals surface area contributed by atoms with Crippen LogP contribution in [-0.4, -0.2) is 49.3 Å². The fourth-order valence-corrected chi connectivity index (χ4v) is 2.37. The maximum absolute atomic E-state index is 11.8. The van der Waals surface area contributed by atoms with Crippen molar-refractivity contribution >= 4 is 10.8 Å². The monoisotopic (exact) mass is 304 g/mol. The summed E-state index contributed by atoms with van der Waals surface area (Å²) in [5.41, 5.74) is -0.0909. The minimum atomic E-state index is -0.0909. The van der Waals surface area contributed by atoms with E-state index < -0.39 is 0 Å². The summed E-state index contributed by atoms with van der Waals surface area (Å²) >= 11 is 0. The van der Waals surface area contributed by atoms with Crippen molar-refractivity contribution in [1.29, 1.82) is 0 Å². The summed E-state index contributed by atoms with van der Waals surface area (Å²) in [5.74, 6) is 0.722. The molecule has 22 heavy (non-hydrogen) atoms. The largest absolute Gasteiger partial charge is 0.492 e. The van der Waals surface area contributed by atoms with Gasteiger partial charge in [-0.15, -0.1) is 0 Å². The van der Waals surface area contributed by atoms with Gasteiger partial charge in [-0.05, 0) is 37.4 Å². The van der Waals surface area contributed by atoms with Gasteiger partial charge in [0.25, 0.3) is 5.56 Å². The molecule has 0 aliphatic heterocycles. The minimum Gasteiger partial charge on any atom is -0.492 e. The predicted octanol–water partition coefficient (Wildman–Crippen LogP) is 2.26. The average molecular weight is 304 g/mol. The van der Waals surface area contributed by atoms with Crippen LogP contribution >= 0.6 is 0 Å². The van der Waals surface area contributed by atoms with Gasteiger partial charge >= 0.3 is 0 Å². The molecule has 5 nitrogen and oxygen atoms in total. The second-order valence-electron chi connectivity index (χ2n) is 5.53. The van der Waals surface area contributed by atoms with E-state index in [4.69, 9.17) is 9.47 Å². The third-order valence-corrected chi connectivity index (χ3v) is 3.71. The lowest BCUT2D eigenvalue weighted by Crippen LogP contribution is -2.37. The Morgan fingerprint density at radius 1 is 1.18 bits per heavy atom.